The van der Waals surface area contributed by atoms with E-state index >= 15 is 0 Å². The highest BCUT2D eigenvalue weighted by atomic mass is 35.5. The molecule has 1 aromatic carbocycles. The average Bonchev–Trinajstić information content (AvgIpc) is 2.47. The first-order valence-electron chi connectivity index (χ1n) is 7.37. The van der Waals surface area contributed by atoms with Crippen molar-refractivity contribution in [1.82, 2.24) is 4.90 Å². The molecule has 0 bridgehead atoms. The molecule has 0 aromatic heterocycles. The van der Waals surface area contributed by atoms with E-state index in [4.69, 9.17) is 15.2 Å². The molecule has 2 rings (SSSR count). The van der Waals surface area contributed by atoms with Crippen LogP contribution in [0.25, 0.3) is 0 Å². The number of aryl methyl sites for hydroxylation is 1. The number of carbonyl (C=O) groups excluding carboxylic acids is 1. The second kappa shape index (κ2) is 8.98. The molecule has 0 spiro atoms. The predicted octanol–water partition coefficient (Wildman–Crippen LogP) is 1.76. The number of amides is 1. The minimum absolute atomic E-state index is 0. The van der Waals surface area contributed by atoms with Gasteiger partial charge in [0.15, 0.2) is 0 Å². The molecule has 0 unspecified atom stereocenters. The van der Waals surface area contributed by atoms with E-state index in [1.807, 2.05) is 31.2 Å². The van der Waals surface area contributed by atoms with Crippen molar-refractivity contribution >= 4 is 18.3 Å². The van der Waals surface area contributed by atoms with Crippen LogP contribution >= 0.6 is 12.4 Å². The van der Waals surface area contributed by atoms with Crippen LogP contribution in [0.2, 0.25) is 0 Å². The number of hydrogen-bond donors (Lipinski definition) is 1. The van der Waals surface area contributed by atoms with E-state index in [9.17, 15) is 4.79 Å². The number of rotatable bonds is 5. The number of methoxy groups -OCH3 is 1. The zero-order valence-corrected chi connectivity index (χ0v) is 14.0. The van der Waals surface area contributed by atoms with Crippen LogP contribution in [0.15, 0.2) is 24.3 Å². The zero-order valence-electron chi connectivity index (χ0n) is 13.2. The van der Waals surface area contributed by atoms with Gasteiger partial charge in [-0.25, -0.2) is 0 Å². The van der Waals surface area contributed by atoms with Gasteiger partial charge in [0.25, 0.3) is 0 Å². The van der Waals surface area contributed by atoms with Gasteiger partial charge in [-0.1, -0.05) is 12.1 Å². The van der Waals surface area contributed by atoms with Crippen molar-refractivity contribution in [1.29, 1.82) is 0 Å². The Bertz CT molecular complexity index is 476. The summed E-state index contributed by atoms with van der Waals surface area (Å²) in [7, 11) is 1.55. The standard InChI is InChI=1S/C16H24N2O3.ClH/c1-12-4-3-5-14(10-12)21-13-6-8-18(9-7-13)16(19)15(17)11-20-2;/h3-5,10,13,15H,6-9,11,17H2,1-2H3;1H/t15-;/m1./s1. The van der Waals surface area contributed by atoms with E-state index in [2.05, 4.69) is 0 Å². The summed E-state index contributed by atoms with van der Waals surface area (Å²) in [6.07, 6.45) is 1.83. The van der Waals surface area contributed by atoms with Gasteiger partial charge >= 0.3 is 0 Å². The van der Waals surface area contributed by atoms with Crippen LogP contribution in [-0.2, 0) is 9.53 Å². The molecule has 1 fully saturated rings. The third-order valence-corrected chi connectivity index (χ3v) is 3.71. The summed E-state index contributed by atoms with van der Waals surface area (Å²) < 4.78 is 10.9. The Hall–Kier alpha value is -1.30. The van der Waals surface area contributed by atoms with Crippen molar-refractivity contribution in [3.63, 3.8) is 0 Å². The topological polar surface area (TPSA) is 64.8 Å². The summed E-state index contributed by atoms with van der Waals surface area (Å²) in [5.74, 6) is 0.863. The smallest absolute Gasteiger partial charge is 0.241 e. The molecule has 1 heterocycles. The lowest BCUT2D eigenvalue weighted by Gasteiger charge is -2.33. The molecule has 0 aliphatic carbocycles. The largest absolute Gasteiger partial charge is 0.490 e. The number of likely N-dealkylation sites (tertiary alicyclic amines) is 1. The third kappa shape index (κ3) is 5.16. The van der Waals surface area contributed by atoms with Crippen molar-refractivity contribution in [3.05, 3.63) is 29.8 Å². The van der Waals surface area contributed by atoms with E-state index in [1.165, 1.54) is 5.56 Å². The first-order valence-corrected chi connectivity index (χ1v) is 7.37. The summed E-state index contributed by atoms with van der Waals surface area (Å²) in [6.45, 7) is 3.68. The summed E-state index contributed by atoms with van der Waals surface area (Å²) in [5.41, 5.74) is 6.97. The number of nitrogens with zero attached hydrogens (tertiary/aromatic N) is 1. The number of ether oxygens (including phenoxy) is 2. The molecule has 22 heavy (non-hydrogen) atoms. The summed E-state index contributed by atoms with van der Waals surface area (Å²) >= 11 is 0. The van der Waals surface area contributed by atoms with Crippen molar-refractivity contribution < 1.29 is 14.3 Å². The van der Waals surface area contributed by atoms with Gasteiger partial charge in [-0.15, -0.1) is 12.4 Å². The molecule has 0 radical (unpaired) electrons. The van der Waals surface area contributed by atoms with E-state index in [1.54, 1.807) is 12.0 Å². The van der Waals surface area contributed by atoms with Gasteiger partial charge in [0.1, 0.15) is 17.9 Å². The SMILES string of the molecule is COC[C@@H](N)C(=O)N1CCC(Oc2cccc(C)c2)CC1.Cl. The number of hydrogen-bond acceptors (Lipinski definition) is 4. The molecule has 6 heteroatoms. The Morgan fingerprint density at radius 1 is 1.41 bits per heavy atom. The maximum Gasteiger partial charge on any atom is 0.241 e. The van der Waals surface area contributed by atoms with Crippen molar-refractivity contribution in [2.24, 2.45) is 5.73 Å². The summed E-state index contributed by atoms with van der Waals surface area (Å²) in [5, 5.41) is 0. The molecule has 5 nitrogen and oxygen atoms in total. The highest BCUT2D eigenvalue weighted by Crippen LogP contribution is 2.20. The zero-order chi connectivity index (χ0) is 15.2. The number of piperidine rings is 1. The second-order valence-corrected chi connectivity index (χ2v) is 5.52. The average molecular weight is 329 g/mol. The number of nitrogens with two attached hydrogens (primary N) is 1. The van der Waals surface area contributed by atoms with Gasteiger partial charge in [-0.2, -0.15) is 0 Å². The van der Waals surface area contributed by atoms with E-state index in [0.717, 1.165) is 18.6 Å². The molecular weight excluding hydrogens is 304 g/mol. The van der Waals surface area contributed by atoms with Gasteiger partial charge in [-0.3, -0.25) is 4.79 Å². The minimum atomic E-state index is -0.566. The fourth-order valence-electron chi connectivity index (χ4n) is 2.56. The monoisotopic (exact) mass is 328 g/mol. The molecule has 1 aliphatic rings. The fourth-order valence-corrected chi connectivity index (χ4v) is 2.56. The molecule has 1 atom stereocenters. The lowest BCUT2D eigenvalue weighted by atomic mass is 10.1. The van der Waals surface area contributed by atoms with Crippen LogP contribution in [-0.4, -0.2) is 49.8 Å². The van der Waals surface area contributed by atoms with Crippen LogP contribution in [0.1, 0.15) is 18.4 Å². The maximum absolute atomic E-state index is 12.1. The van der Waals surface area contributed by atoms with E-state index in [-0.39, 0.29) is 31.0 Å². The number of benzene rings is 1. The van der Waals surface area contributed by atoms with Crippen molar-refractivity contribution in [2.75, 3.05) is 26.8 Å². The lowest BCUT2D eigenvalue weighted by molar-refractivity contribution is -0.135. The molecule has 1 aromatic rings. The van der Waals surface area contributed by atoms with Gasteiger partial charge in [0.05, 0.1) is 6.61 Å². The molecule has 124 valence electrons. The van der Waals surface area contributed by atoms with Crippen LogP contribution in [0.4, 0.5) is 0 Å². The van der Waals surface area contributed by atoms with Crippen molar-refractivity contribution in [3.8, 4) is 5.75 Å². The third-order valence-electron chi connectivity index (χ3n) is 3.71. The first-order chi connectivity index (χ1) is 10.1. The predicted molar refractivity (Wildman–Crippen MR) is 88.5 cm³/mol. The van der Waals surface area contributed by atoms with Gasteiger partial charge in [0.2, 0.25) is 5.91 Å². The number of halogens is 1. The van der Waals surface area contributed by atoms with Crippen LogP contribution in [0, 0.1) is 6.92 Å². The first kappa shape index (κ1) is 18.7. The molecule has 1 aliphatic heterocycles. The van der Waals surface area contributed by atoms with Crippen molar-refractivity contribution in [2.45, 2.75) is 31.9 Å². The Labute approximate surface area is 138 Å². The molecule has 0 saturated carbocycles. The molecule has 1 saturated heterocycles. The Morgan fingerprint density at radius 3 is 2.68 bits per heavy atom. The van der Waals surface area contributed by atoms with Crippen LogP contribution in [0.3, 0.4) is 0 Å². The quantitative estimate of drug-likeness (QED) is 0.894. The fraction of sp³-hybridized carbons (Fsp3) is 0.562. The normalized spacial score (nSPS) is 16.8. The molecule has 1 amide bonds. The second-order valence-electron chi connectivity index (χ2n) is 5.52. The Balaban J connectivity index is 0.00000242. The van der Waals surface area contributed by atoms with E-state index < -0.39 is 6.04 Å². The maximum atomic E-state index is 12.1. The lowest BCUT2D eigenvalue weighted by Crippen LogP contribution is -2.50. The van der Waals surface area contributed by atoms with Gasteiger partial charge in [-0.05, 0) is 24.6 Å². The number of carbonyl (C=O) groups is 1. The highest BCUT2D eigenvalue weighted by molar-refractivity contribution is 5.85. The molecule has 2 N–H and O–H groups in total. The minimum Gasteiger partial charge on any atom is -0.490 e. The van der Waals surface area contributed by atoms with Crippen LogP contribution in [0.5, 0.6) is 5.75 Å². The van der Waals surface area contributed by atoms with Crippen LogP contribution < -0.4 is 10.5 Å². The Morgan fingerprint density at radius 2 is 2.09 bits per heavy atom. The van der Waals surface area contributed by atoms with Gasteiger partial charge < -0.3 is 20.1 Å². The summed E-state index contributed by atoms with van der Waals surface area (Å²) in [4.78, 5) is 13.9. The van der Waals surface area contributed by atoms with E-state index in [0.29, 0.717) is 13.1 Å². The highest BCUT2D eigenvalue weighted by Gasteiger charge is 2.27. The van der Waals surface area contributed by atoms with Gasteiger partial charge in [0, 0.05) is 33.0 Å². The summed E-state index contributed by atoms with van der Waals surface area (Å²) in [6, 6.07) is 7.48. The Kier molecular flexibility index (Phi) is 7.65. The molecular formula is C16H25ClN2O3.